The van der Waals surface area contributed by atoms with Crippen LogP contribution < -0.4 is 16.4 Å². The molecule has 0 radical (unpaired) electrons. The van der Waals surface area contributed by atoms with E-state index < -0.39 is 5.97 Å². The first kappa shape index (κ1) is 29.1. The predicted octanol–water partition coefficient (Wildman–Crippen LogP) is 6.28. The smallest absolute Gasteiger partial charge is 0.303 e. The van der Waals surface area contributed by atoms with E-state index in [1.54, 1.807) is 5.57 Å². The second-order valence-corrected chi connectivity index (χ2v) is 13.5. The fourth-order valence-electron chi connectivity index (χ4n) is 9.34. The third-order valence-corrected chi connectivity index (χ3v) is 11.5. The molecule has 0 aromatic heterocycles. The second-order valence-electron chi connectivity index (χ2n) is 13.5. The van der Waals surface area contributed by atoms with Crippen LogP contribution in [0.25, 0.3) is 0 Å². The van der Waals surface area contributed by atoms with Gasteiger partial charge in [-0.3, -0.25) is 4.79 Å². The van der Waals surface area contributed by atoms with Gasteiger partial charge in [-0.25, -0.2) is 0 Å². The molecular formula is C32H57N3O2. The van der Waals surface area contributed by atoms with Crippen LogP contribution in [0, 0.1) is 34.5 Å². The highest BCUT2D eigenvalue weighted by atomic mass is 16.4. The molecule has 5 nitrogen and oxygen atoms in total. The summed E-state index contributed by atoms with van der Waals surface area (Å²) >= 11 is 0. The Hall–Kier alpha value is -0.910. The molecule has 3 fully saturated rings. The van der Waals surface area contributed by atoms with Crippen molar-refractivity contribution in [3.05, 3.63) is 11.6 Å². The number of nitrogens with one attached hydrogen (secondary N) is 2. The van der Waals surface area contributed by atoms with E-state index in [9.17, 15) is 4.79 Å². The van der Waals surface area contributed by atoms with Crippen LogP contribution >= 0.6 is 0 Å². The molecule has 0 amide bonds. The summed E-state index contributed by atoms with van der Waals surface area (Å²) in [5.74, 6) is 2.95. The van der Waals surface area contributed by atoms with Gasteiger partial charge >= 0.3 is 5.97 Å². The highest BCUT2D eigenvalue weighted by Crippen LogP contribution is 2.67. The summed E-state index contributed by atoms with van der Waals surface area (Å²) in [6.07, 6.45) is 22.1. The Bertz CT molecular complexity index is 769. The minimum atomic E-state index is -0.641. The third kappa shape index (κ3) is 6.81. The van der Waals surface area contributed by atoms with Crippen molar-refractivity contribution in [1.29, 1.82) is 0 Å². The van der Waals surface area contributed by atoms with Gasteiger partial charge in [0.25, 0.3) is 0 Å². The molecule has 0 aliphatic heterocycles. The molecular weight excluding hydrogens is 458 g/mol. The van der Waals surface area contributed by atoms with Crippen molar-refractivity contribution >= 4 is 5.97 Å². The lowest BCUT2D eigenvalue weighted by Crippen LogP contribution is -2.51. The Balaban J connectivity index is 1.26. The number of unbranched alkanes of at least 4 members (excludes halogenated alkanes) is 3. The summed E-state index contributed by atoms with van der Waals surface area (Å²) in [7, 11) is 0. The second kappa shape index (κ2) is 13.4. The number of hydrogen-bond acceptors (Lipinski definition) is 4. The molecule has 0 aromatic rings. The summed E-state index contributed by atoms with van der Waals surface area (Å²) in [5, 5.41) is 16.3. The van der Waals surface area contributed by atoms with Gasteiger partial charge in [-0.05, 0) is 144 Å². The third-order valence-electron chi connectivity index (χ3n) is 11.5. The van der Waals surface area contributed by atoms with E-state index >= 15 is 0 Å². The Morgan fingerprint density at radius 1 is 0.946 bits per heavy atom. The van der Waals surface area contributed by atoms with E-state index in [0.29, 0.717) is 23.3 Å². The van der Waals surface area contributed by atoms with Gasteiger partial charge in [-0.2, -0.15) is 0 Å². The Morgan fingerprint density at radius 3 is 2.59 bits per heavy atom. The van der Waals surface area contributed by atoms with Crippen LogP contribution in [-0.4, -0.2) is 43.3 Å². The number of rotatable bonds is 15. The predicted molar refractivity (Wildman–Crippen MR) is 153 cm³/mol. The topological polar surface area (TPSA) is 87.4 Å². The number of carboxylic acids is 1. The van der Waals surface area contributed by atoms with Gasteiger partial charge in [0.15, 0.2) is 0 Å². The van der Waals surface area contributed by atoms with Crippen molar-refractivity contribution in [2.45, 2.75) is 123 Å². The van der Waals surface area contributed by atoms with Gasteiger partial charge in [0.2, 0.25) is 0 Å². The summed E-state index contributed by atoms with van der Waals surface area (Å²) < 4.78 is 0. The molecule has 0 spiro atoms. The van der Waals surface area contributed by atoms with Crippen LogP contribution in [-0.2, 0) is 4.79 Å². The normalized spacial score (nSPS) is 36.9. The average molecular weight is 516 g/mol. The summed E-state index contributed by atoms with van der Waals surface area (Å²) in [5.41, 5.74) is 8.32. The van der Waals surface area contributed by atoms with Crippen molar-refractivity contribution in [1.82, 2.24) is 10.6 Å². The largest absolute Gasteiger partial charge is 0.481 e. The zero-order chi connectivity index (χ0) is 26.3. The minimum Gasteiger partial charge on any atom is -0.481 e. The maximum atomic E-state index is 10.8. The lowest BCUT2D eigenvalue weighted by Gasteiger charge is -2.58. The molecule has 4 aliphatic carbocycles. The van der Waals surface area contributed by atoms with Gasteiger partial charge in [0.05, 0.1) is 0 Å². The average Bonchev–Trinajstić information content (AvgIpc) is 3.21. The zero-order valence-corrected chi connectivity index (χ0v) is 24.0. The maximum Gasteiger partial charge on any atom is 0.303 e. The Kier molecular flexibility index (Phi) is 10.6. The van der Waals surface area contributed by atoms with Gasteiger partial charge in [-0.15, -0.1) is 0 Å². The number of fused-ring (bicyclic) bond motifs is 5. The van der Waals surface area contributed by atoms with Gasteiger partial charge in [0.1, 0.15) is 0 Å². The van der Waals surface area contributed by atoms with Crippen molar-refractivity contribution < 1.29 is 9.90 Å². The molecule has 212 valence electrons. The molecule has 0 bridgehead atoms. The molecule has 7 unspecified atom stereocenters. The monoisotopic (exact) mass is 515 g/mol. The summed E-state index contributed by atoms with van der Waals surface area (Å²) in [6, 6.07) is 0.572. The van der Waals surface area contributed by atoms with Gasteiger partial charge in [-0.1, -0.05) is 38.3 Å². The molecule has 0 aromatic carbocycles. The molecule has 5 heteroatoms. The lowest BCUT2D eigenvalue weighted by atomic mass is 9.46. The molecule has 7 atom stereocenters. The summed E-state index contributed by atoms with van der Waals surface area (Å²) in [6.45, 7) is 9.39. The van der Waals surface area contributed by atoms with Crippen LogP contribution in [0.5, 0.6) is 0 Å². The van der Waals surface area contributed by atoms with Crippen LogP contribution in [0.2, 0.25) is 0 Å². The van der Waals surface area contributed by atoms with Crippen LogP contribution in [0.15, 0.2) is 11.6 Å². The van der Waals surface area contributed by atoms with Crippen molar-refractivity contribution in [2.24, 2.45) is 40.2 Å². The van der Waals surface area contributed by atoms with E-state index in [1.165, 1.54) is 77.0 Å². The van der Waals surface area contributed by atoms with Crippen molar-refractivity contribution in [3.8, 4) is 0 Å². The van der Waals surface area contributed by atoms with E-state index in [-0.39, 0.29) is 0 Å². The highest BCUT2D eigenvalue weighted by molar-refractivity contribution is 5.66. The highest BCUT2D eigenvalue weighted by Gasteiger charge is 2.58. The first-order valence-corrected chi connectivity index (χ1v) is 16.0. The molecule has 0 heterocycles. The lowest BCUT2D eigenvalue weighted by molar-refractivity contribution is -0.137. The molecule has 4 aliphatic rings. The summed E-state index contributed by atoms with van der Waals surface area (Å²) in [4.78, 5) is 10.8. The Labute approximate surface area is 227 Å². The minimum absolute atomic E-state index is 0.339. The van der Waals surface area contributed by atoms with E-state index in [0.717, 1.165) is 69.1 Å². The molecule has 0 saturated heterocycles. The molecule has 37 heavy (non-hydrogen) atoms. The quantitative estimate of drug-likeness (QED) is 0.152. The van der Waals surface area contributed by atoms with Crippen molar-refractivity contribution in [3.63, 3.8) is 0 Å². The van der Waals surface area contributed by atoms with Gasteiger partial charge < -0.3 is 21.5 Å². The number of nitrogens with two attached hydrogens (primary N) is 1. The molecule has 5 N–H and O–H groups in total. The van der Waals surface area contributed by atoms with Crippen LogP contribution in [0.3, 0.4) is 0 Å². The van der Waals surface area contributed by atoms with Crippen LogP contribution in [0.1, 0.15) is 117 Å². The number of carbonyl (C=O) groups is 1. The van der Waals surface area contributed by atoms with Crippen LogP contribution in [0.4, 0.5) is 0 Å². The van der Waals surface area contributed by atoms with E-state index in [1.807, 2.05) is 0 Å². The standard InChI is InChI=1S/C32H57N3O2/c1-31-18-16-29-27(28(31)14-12-24(31)9-4-3-5-10-30(36)37)13-11-25-23-26(15-17-32(25,29)2)35-22-8-21-34-20-7-6-19-33/h23-24,26-29,34-35H,3-22,33H2,1-2H3,(H,36,37). The maximum absolute atomic E-state index is 10.8. The number of carboxylic acid groups (broad SMARTS) is 1. The zero-order valence-electron chi connectivity index (χ0n) is 24.0. The van der Waals surface area contributed by atoms with E-state index in [4.69, 9.17) is 10.8 Å². The van der Waals surface area contributed by atoms with E-state index in [2.05, 4.69) is 30.6 Å². The van der Waals surface area contributed by atoms with Crippen molar-refractivity contribution in [2.75, 3.05) is 26.2 Å². The number of aliphatic carboxylic acids is 1. The number of allylic oxidation sites excluding steroid dienone is 1. The SMILES string of the molecule is CC12CCC(NCCCNCCCCN)C=C1CCC1C2CCC2(C)C(CCCCCC(=O)O)CCC12. The molecule has 4 rings (SSSR count). The fraction of sp³-hybridized carbons (Fsp3) is 0.906. The first-order chi connectivity index (χ1) is 17.9. The first-order valence-electron chi connectivity index (χ1n) is 16.0. The Morgan fingerprint density at radius 2 is 1.78 bits per heavy atom. The van der Waals surface area contributed by atoms with Gasteiger partial charge in [0, 0.05) is 12.5 Å². The fourth-order valence-corrected chi connectivity index (χ4v) is 9.34. The molecule has 3 saturated carbocycles. The number of hydrogen-bond donors (Lipinski definition) is 4.